The molecule has 0 aromatic carbocycles. The molecular weight excluding hydrogens is 124 g/mol. The smallest absolute Gasteiger partial charge is 0.0440 e. The normalized spacial score (nSPS) is 20.5. The Morgan fingerprint density at radius 2 is 2.20 bits per heavy atom. The summed E-state index contributed by atoms with van der Waals surface area (Å²) in [4.78, 5) is 0. The molecule has 10 heavy (non-hydrogen) atoms. The largest absolute Gasteiger partial charge is 0.307 e. The molecule has 1 saturated carbocycles. The van der Waals surface area contributed by atoms with Crippen LogP contribution in [0.2, 0.25) is 0 Å². The zero-order valence-electron chi connectivity index (χ0n) is 6.34. The van der Waals surface area contributed by atoms with Crippen LogP contribution in [0.15, 0.2) is 5.10 Å². The van der Waals surface area contributed by atoms with Gasteiger partial charge in [-0.2, -0.15) is 5.10 Å². The summed E-state index contributed by atoms with van der Waals surface area (Å²) in [6, 6.07) is 0.641. The summed E-state index contributed by atoms with van der Waals surface area (Å²) in [5.74, 6) is 0. The Kier molecular flexibility index (Phi) is 3.27. The summed E-state index contributed by atoms with van der Waals surface area (Å²) in [6.07, 6.45) is 7.89. The molecule has 1 fully saturated rings. The zero-order valence-corrected chi connectivity index (χ0v) is 6.34. The number of rotatable bonds is 3. The molecule has 0 heterocycles. The van der Waals surface area contributed by atoms with Crippen LogP contribution in [0.5, 0.6) is 0 Å². The fraction of sp³-hybridized carbons (Fsp3) is 0.750. The molecule has 0 saturated heterocycles. The Morgan fingerprint density at radius 3 is 2.80 bits per heavy atom. The topological polar surface area (TPSA) is 24.4 Å². The Bertz CT molecular complexity index is 104. The molecule has 0 amide bonds. The lowest BCUT2D eigenvalue weighted by Gasteiger charge is -2.06. The van der Waals surface area contributed by atoms with Crippen molar-refractivity contribution in [3.05, 3.63) is 6.92 Å². The monoisotopic (exact) mass is 139 g/mol. The van der Waals surface area contributed by atoms with Gasteiger partial charge >= 0.3 is 0 Å². The summed E-state index contributed by atoms with van der Waals surface area (Å²) >= 11 is 0. The number of hydrazone groups is 1. The predicted molar refractivity (Wildman–Crippen MR) is 43.9 cm³/mol. The molecule has 0 bridgehead atoms. The first-order valence-corrected chi connectivity index (χ1v) is 4.00. The van der Waals surface area contributed by atoms with E-state index in [0.717, 1.165) is 6.42 Å². The minimum Gasteiger partial charge on any atom is -0.307 e. The second-order valence-electron chi connectivity index (χ2n) is 2.71. The Hall–Kier alpha value is -0.530. The van der Waals surface area contributed by atoms with Gasteiger partial charge in [-0.1, -0.05) is 12.8 Å². The average molecular weight is 139 g/mol. The van der Waals surface area contributed by atoms with Crippen LogP contribution in [-0.4, -0.2) is 12.3 Å². The number of nitrogens with zero attached hydrogens (tertiary/aromatic N) is 1. The van der Waals surface area contributed by atoms with Crippen LogP contribution >= 0.6 is 0 Å². The van der Waals surface area contributed by atoms with Gasteiger partial charge in [0.1, 0.15) is 0 Å². The summed E-state index contributed by atoms with van der Waals surface area (Å²) in [7, 11) is 0. The van der Waals surface area contributed by atoms with Crippen LogP contribution in [0.4, 0.5) is 0 Å². The summed E-state index contributed by atoms with van der Waals surface area (Å²) < 4.78 is 0. The van der Waals surface area contributed by atoms with E-state index in [0.29, 0.717) is 6.04 Å². The molecule has 1 aliphatic carbocycles. The standard InChI is InChI=1S/C8H15N2/c1-2-7-9-10-8-5-3-4-6-8/h7-8,10H,1-6H2. The van der Waals surface area contributed by atoms with Crippen molar-refractivity contribution in [1.29, 1.82) is 0 Å². The lowest BCUT2D eigenvalue weighted by atomic mass is 10.3. The van der Waals surface area contributed by atoms with Crippen molar-refractivity contribution in [2.24, 2.45) is 5.10 Å². The highest BCUT2D eigenvalue weighted by Crippen LogP contribution is 2.17. The van der Waals surface area contributed by atoms with Gasteiger partial charge in [0.05, 0.1) is 0 Å². The third-order valence-electron chi connectivity index (χ3n) is 1.83. The van der Waals surface area contributed by atoms with Crippen molar-refractivity contribution < 1.29 is 0 Å². The molecule has 0 aromatic rings. The molecule has 2 heteroatoms. The molecule has 1 rings (SSSR count). The summed E-state index contributed by atoms with van der Waals surface area (Å²) in [5.41, 5.74) is 3.11. The molecule has 1 N–H and O–H groups in total. The van der Waals surface area contributed by atoms with Gasteiger partial charge in [-0.05, 0) is 26.2 Å². The lowest BCUT2D eigenvalue weighted by Crippen LogP contribution is -2.19. The fourth-order valence-electron chi connectivity index (χ4n) is 1.28. The molecule has 1 aliphatic rings. The van der Waals surface area contributed by atoms with E-state index in [1.807, 2.05) is 6.21 Å². The van der Waals surface area contributed by atoms with Gasteiger partial charge in [0.15, 0.2) is 0 Å². The first-order valence-electron chi connectivity index (χ1n) is 4.00. The predicted octanol–water partition coefficient (Wildman–Crippen LogP) is 1.73. The van der Waals surface area contributed by atoms with E-state index in [9.17, 15) is 0 Å². The molecule has 0 unspecified atom stereocenters. The molecule has 0 spiro atoms. The summed E-state index contributed by atoms with van der Waals surface area (Å²) in [5, 5.41) is 4.03. The minimum absolute atomic E-state index is 0.641. The van der Waals surface area contributed by atoms with E-state index < -0.39 is 0 Å². The highest BCUT2D eigenvalue weighted by molar-refractivity contribution is 5.57. The number of hydrogen-bond acceptors (Lipinski definition) is 2. The molecule has 0 aliphatic heterocycles. The van der Waals surface area contributed by atoms with Crippen LogP contribution in [0, 0.1) is 6.92 Å². The lowest BCUT2D eigenvalue weighted by molar-refractivity contribution is 0.548. The maximum Gasteiger partial charge on any atom is 0.0440 e. The third-order valence-corrected chi connectivity index (χ3v) is 1.83. The highest BCUT2D eigenvalue weighted by Gasteiger charge is 2.12. The van der Waals surface area contributed by atoms with Crippen molar-refractivity contribution in [3.63, 3.8) is 0 Å². The van der Waals surface area contributed by atoms with E-state index in [2.05, 4.69) is 17.5 Å². The van der Waals surface area contributed by atoms with Crippen molar-refractivity contribution in [2.45, 2.75) is 38.1 Å². The molecule has 0 atom stereocenters. The second kappa shape index (κ2) is 4.31. The first-order chi connectivity index (χ1) is 4.93. The van der Waals surface area contributed by atoms with Gasteiger partial charge in [0, 0.05) is 12.3 Å². The van der Waals surface area contributed by atoms with Crippen LogP contribution in [0.1, 0.15) is 32.1 Å². The van der Waals surface area contributed by atoms with E-state index >= 15 is 0 Å². The van der Waals surface area contributed by atoms with Crippen molar-refractivity contribution >= 4 is 6.21 Å². The quantitative estimate of drug-likeness (QED) is 0.467. The van der Waals surface area contributed by atoms with Gasteiger partial charge in [-0.15, -0.1) is 0 Å². The van der Waals surface area contributed by atoms with Crippen LogP contribution in [0.25, 0.3) is 0 Å². The first kappa shape index (κ1) is 7.58. The van der Waals surface area contributed by atoms with Gasteiger partial charge < -0.3 is 5.43 Å². The van der Waals surface area contributed by atoms with E-state index in [1.54, 1.807) is 0 Å². The van der Waals surface area contributed by atoms with Gasteiger partial charge in [0.25, 0.3) is 0 Å². The number of nitrogens with one attached hydrogen (secondary N) is 1. The SMILES string of the molecule is [CH2]CC=NNC1CCCC1. The molecular formula is C8H15N2. The Labute approximate surface area is 62.7 Å². The highest BCUT2D eigenvalue weighted by atomic mass is 15.3. The maximum atomic E-state index is 4.03. The summed E-state index contributed by atoms with van der Waals surface area (Å²) in [6.45, 7) is 3.66. The van der Waals surface area contributed by atoms with Crippen LogP contribution < -0.4 is 5.43 Å². The van der Waals surface area contributed by atoms with Crippen molar-refractivity contribution in [1.82, 2.24) is 5.43 Å². The van der Waals surface area contributed by atoms with Crippen molar-refractivity contribution in [3.8, 4) is 0 Å². The van der Waals surface area contributed by atoms with Gasteiger partial charge in [-0.25, -0.2) is 0 Å². The Morgan fingerprint density at radius 1 is 1.50 bits per heavy atom. The zero-order chi connectivity index (χ0) is 7.23. The van der Waals surface area contributed by atoms with E-state index in [1.165, 1.54) is 25.7 Å². The molecule has 2 nitrogen and oxygen atoms in total. The van der Waals surface area contributed by atoms with Gasteiger partial charge in [0.2, 0.25) is 0 Å². The maximum absolute atomic E-state index is 4.03. The van der Waals surface area contributed by atoms with Crippen LogP contribution in [-0.2, 0) is 0 Å². The number of hydrogen-bond donors (Lipinski definition) is 1. The van der Waals surface area contributed by atoms with Crippen LogP contribution in [0.3, 0.4) is 0 Å². The minimum atomic E-state index is 0.641. The Balaban J connectivity index is 2.06. The second-order valence-corrected chi connectivity index (χ2v) is 2.71. The fourth-order valence-corrected chi connectivity index (χ4v) is 1.28. The van der Waals surface area contributed by atoms with E-state index in [4.69, 9.17) is 0 Å². The molecule has 0 aromatic heterocycles. The average Bonchev–Trinajstić information content (AvgIpc) is 2.41. The molecule has 1 radical (unpaired) electrons. The van der Waals surface area contributed by atoms with Crippen molar-refractivity contribution in [2.75, 3.05) is 0 Å². The van der Waals surface area contributed by atoms with Gasteiger partial charge in [-0.3, -0.25) is 0 Å². The van der Waals surface area contributed by atoms with E-state index in [-0.39, 0.29) is 0 Å². The third kappa shape index (κ3) is 2.38. The molecule has 57 valence electrons.